The first kappa shape index (κ1) is 35.0. The SMILES string of the molecule is CCCCOc1ccc(NC(=O)C(Sc2ccc(NC(=O)/C(=C/c3cccc(Cl)c3)NC(=O)c3ccccc3)cc2)c2ccccc2)cc1. The minimum atomic E-state index is -0.539. The molecular formula is C40H36ClN3O4S. The van der Waals surface area contributed by atoms with Gasteiger partial charge in [-0.2, -0.15) is 0 Å². The zero-order chi connectivity index (χ0) is 34.4. The Kier molecular flexibility index (Phi) is 12.7. The molecule has 3 N–H and O–H groups in total. The molecule has 0 saturated heterocycles. The van der Waals surface area contributed by atoms with Gasteiger partial charge in [-0.05, 0) is 96.4 Å². The van der Waals surface area contributed by atoms with E-state index in [1.807, 2.05) is 72.8 Å². The van der Waals surface area contributed by atoms with E-state index in [0.717, 1.165) is 29.1 Å². The van der Waals surface area contributed by atoms with E-state index in [-0.39, 0.29) is 11.6 Å². The van der Waals surface area contributed by atoms with Gasteiger partial charge in [0.2, 0.25) is 5.91 Å². The first-order chi connectivity index (χ1) is 23.9. The van der Waals surface area contributed by atoms with Crippen LogP contribution in [0.2, 0.25) is 5.02 Å². The Bertz CT molecular complexity index is 1880. The van der Waals surface area contributed by atoms with Crippen molar-refractivity contribution in [2.24, 2.45) is 0 Å². The van der Waals surface area contributed by atoms with Crippen LogP contribution in [0.15, 0.2) is 144 Å². The van der Waals surface area contributed by atoms with Gasteiger partial charge in [-0.25, -0.2) is 0 Å². The van der Waals surface area contributed by atoms with Crippen LogP contribution in [-0.4, -0.2) is 24.3 Å². The first-order valence-corrected chi connectivity index (χ1v) is 17.1. The van der Waals surface area contributed by atoms with Crippen molar-refractivity contribution in [2.45, 2.75) is 29.9 Å². The smallest absolute Gasteiger partial charge is 0.272 e. The van der Waals surface area contributed by atoms with Gasteiger partial charge in [0, 0.05) is 26.9 Å². The van der Waals surface area contributed by atoms with Gasteiger partial charge >= 0.3 is 0 Å². The summed E-state index contributed by atoms with van der Waals surface area (Å²) in [5, 5.41) is 8.60. The summed E-state index contributed by atoms with van der Waals surface area (Å²) in [6.07, 6.45) is 3.61. The van der Waals surface area contributed by atoms with Crippen LogP contribution in [0.5, 0.6) is 5.75 Å². The Morgan fingerprint density at radius 3 is 2.10 bits per heavy atom. The normalized spacial score (nSPS) is 11.7. The molecule has 5 aromatic rings. The van der Waals surface area contributed by atoms with E-state index in [1.54, 1.807) is 66.7 Å². The molecule has 0 aliphatic heterocycles. The lowest BCUT2D eigenvalue weighted by molar-refractivity contribution is -0.116. The number of unbranched alkanes of at least 4 members (excludes halogenated alkanes) is 1. The number of carbonyl (C=O) groups excluding carboxylic acids is 3. The Morgan fingerprint density at radius 1 is 0.776 bits per heavy atom. The van der Waals surface area contributed by atoms with Crippen LogP contribution in [0.4, 0.5) is 11.4 Å². The summed E-state index contributed by atoms with van der Waals surface area (Å²) in [5.41, 5.74) is 3.16. The third kappa shape index (κ3) is 10.6. The lowest BCUT2D eigenvalue weighted by Gasteiger charge is -2.18. The molecule has 0 aliphatic rings. The standard InChI is InChI=1S/C40H36ClN3O4S/c1-2-3-25-48-34-21-17-32(18-22-34)43-40(47)37(29-12-6-4-7-13-29)49-35-23-19-33(20-24-35)42-39(46)36(27-28-11-10-16-31(41)26-28)44-38(45)30-14-8-5-9-15-30/h4-24,26-27,37H,2-3,25H2,1H3,(H,42,46)(H,43,47)(H,44,45)/b36-27-. The van der Waals surface area contributed by atoms with Gasteiger partial charge in [0.15, 0.2) is 0 Å². The Hall–Kier alpha value is -5.31. The molecule has 0 bridgehead atoms. The van der Waals surface area contributed by atoms with E-state index < -0.39 is 17.1 Å². The number of ether oxygens (including phenoxy) is 1. The molecule has 9 heteroatoms. The first-order valence-electron chi connectivity index (χ1n) is 15.9. The molecule has 0 spiro atoms. The number of benzene rings is 5. The highest BCUT2D eigenvalue weighted by molar-refractivity contribution is 8.00. The van der Waals surface area contributed by atoms with Crippen LogP contribution in [-0.2, 0) is 9.59 Å². The number of rotatable bonds is 14. The fraction of sp³-hybridized carbons (Fsp3) is 0.125. The largest absolute Gasteiger partial charge is 0.494 e. The molecule has 1 atom stereocenters. The molecule has 0 aliphatic carbocycles. The number of halogens is 1. The molecule has 3 amide bonds. The molecule has 0 heterocycles. The van der Waals surface area contributed by atoms with Crippen LogP contribution >= 0.6 is 23.4 Å². The highest BCUT2D eigenvalue weighted by Gasteiger charge is 2.23. The average molecular weight is 690 g/mol. The van der Waals surface area contributed by atoms with Crippen molar-refractivity contribution in [3.63, 3.8) is 0 Å². The molecule has 5 aromatic carbocycles. The molecule has 7 nitrogen and oxygen atoms in total. The zero-order valence-corrected chi connectivity index (χ0v) is 28.5. The van der Waals surface area contributed by atoms with Crippen molar-refractivity contribution in [1.82, 2.24) is 5.32 Å². The van der Waals surface area contributed by atoms with Crippen molar-refractivity contribution in [3.05, 3.63) is 161 Å². The maximum absolute atomic E-state index is 13.6. The second-order valence-corrected chi connectivity index (χ2v) is 12.7. The molecule has 1 unspecified atom stereocenters. The van der Waals surface area contributed by atoms with Crippen LogP contribution in [0.25, 0.3) is 6.08 Å². The van der Waals surface area contributed by atoms with E-state index in [9.17, 15) is 14.4 Å². The van der Waals surface area contributed by atoms with E-state index in [1.165, 1.54) is 11.8 Å². The van der Waals surface area contributed by atoms with Gasteiger partial charge in [0.05, 0.1) is 6.61 Å². The van der Waals surface area contributed by atoms with Gasteiger partial charge in [-0.1, -0.05) is 85.6 Å². The molecule has 0 radical (unpaired) electrons. The van der Waals surface area contributed by atoms with Gasteiger partial charge in [-0.15, -0.1) is 11.8 Å². The maximum Gasteiger partial charge on any atom is 0.272 e. The van der Waals surface area contributed by atoms with Crippen molar-refractivity contribution in [1.29, 1.82) is 0 Å². The summed E-state index contributed by atoms with van der Waals surface area (Å²) in [4.78, 5) is 40.9. The number of carbonyl (C=O) groups is 3. The molecule has 248 valence electrons. The fourth-order valence-electron chi connectivity index (χ4n) is 4.73. The summed E-state index contributed by atoms with van der Waals surface area (Å²) >= 11 is 7.56. The Morgan fingerprint density at radius 2 is 1.43 bits per heavy atom. The highest BCUT2D eigenvalue weighted by atomic mass is 35.5. The second-order valence-electron chi connectivity index (χ2n) is 11.0. The van der Waals surface area contributed by atoms with Gasteiger partial charge in [0.1, 0.15) is 16.7 Å². The monoisotopic (exact) mass is 689 g/mol. The topological polar surface area (TPSA) is 96.5 Å². The van der Waals surface area contributed by atoms with Crippen molar-refractivity contribution >= 4 is 58.5 Å². The van der Waals surface area contributed by atoms with Crippen LogP contribution in [0.3, 0.4) is 0 Å². The third-order valence-corrected chi connectivity index (χ3v) is 8.78. The number of hydrogen-bond acceptors (Lipinski definition) is 5. The average Bonchev–Trinajstić information content (AvgIpc) is 3.12. The van der Waals surface area contributed by atoms with Crippen LogP contribution in [0, 0.1) is 0 Å². The number of amides is 3. The number of hydrogen-bond donors (Lipinski definition) is 3. The molecule has 0 aromatic heterocycles. The van der Waals surface area contributed by atoms with E-state index in [0.29, 0.717) is 34.1 Å². The van der Waals surface area contributed by atoms with Crippen LogP contribution in [0.1, 0.15) is 46.5 Å². The predicted molar refractivity (Wildman–Crippen MR) is 199 cm³/mol. The molecular weight excluding hydrogens is 654 g/mol. The van der Waals surface area contributed by atoms with Crippen molar-refractivity contribution in [3.8, 4) is 5.75 Å². The molecule has 0 saturated carbocycles. The summed E-state index contributed by atoms with van der Waals surface area (Å²) in [6.45, 7) is 2.77. The van der Waals surface area contributed by atoms with E-state index in [2.05, 4.69) is 22.9 Å². The lowest BCUT2D eigenvalue weighted by Crippen LogP contribution is -2.30. The zero-order valence-electron chi connectivity index (χ0n) is 26.9. The number of thioether (sulfide) groups is 1. The minimum Gasteiger partial charge on any atom is -0.494 e. The van der Waals surface area contributed by atoms with E-state index >= 15 is 0 Å². The maximum atomic E-state index is 13.6. The van der Waals surface area contributed by atoms with Crippen molar-refractivity contribution in [2.75, 3.05) is 17.2 Å². The molecule has 5 rings (SSSR count). The third-order valence-electron chi connectivity index (χ3n) is 7.28. The van der Waals surface area contributed by atoms with Gasteiger partial charge in [0.25, 0.3) is 11.8 Å². The Labute approximate surface area is 295 Å². The highest BCUT2D eigenvalue weighted by Crippen LogP contribution is 2.37. The van der Waals surface area contributed by atoms with Gasteiger partial charge in [-0.3, -0.25) is 14.4 Å². The summed E-state index contributed by atoms with van der Waals surface area (Å²) in [6, 6.07) is 39.8. The number of nitrogens with one attached hydrogen (secondary N) is 3. The summed E-state index contributed by atoms with van der Waals surface area (Å²) in [7, 11) is 0. The minimum absolute atomic E-state index is 0.0518. The van der Waals surface area contributed by atoms with E-state index in [4.69, 9.17) is 16.3 Å². The quantitative estimate of drug-likeness (QED) is 0.0613. The summed E-state index contributed by atoms with van der Waals surface area (Å²) < 4.78 is 5.75. The Balaban J connectivity index is 1.29. The van der Waals surface area contributed by atoms with Crippen molar-refractivity contribution < 1.29 is 19.1 Å². The number of anilines is 2. The molecule has 0 fully saturated rings. The lowest BCUT2D eigenvalue weighted by atomic mass is 10.1. The second kappa shape index (κ2) is 17.7. The predicted octanol–water partition coefficient (Wildman–Crippen LogP) is 9.40. The van der Waals surface area contributed by atoms with Crippen LogP contribution < -0.4 is 20.7 Å². The summed E-state index contributed by atoms with van der Waals surface area (Å²) in [5.74, 6) is -0.332. The molecule has 49 heavy (non-hydrogen) atoms. The fourth-order valence-corrected chi connectivity index (χ4v) is 5.96. The van der Waals surface area contributed by atoms with Gasteiger partial charge < -0.3 is 20.7 Å².